The van der Waals surface area contributed by atoms with E-state index in [4.69, 9.17) is 25.8 Å². The van der Waals surface area contributed by atoms with Crippen LogP contribution in [0.2, 0.25) is 0 Å². The van der Waals surface area contributed by atoms with Gasteiger partial charge in [0.15, 0.2) is 0 Å². The molecule has 112 valence electrons. The summed E-state index contributed by atoms with van der Waals surface area (Å²) < 4.78 is 15.0. The number of halogens is 1. The molecule has 0 aliphatic heterocycles. The first-order chi connectivity index (χ1) is 9.69. The number of benzene rings is 1. The van der Waals surface area contributed by atoms with Crippen molar-refractivity contribution in [2.24, 2.45) is 0 Å². The highest BCUT2D eigenvalue weighted by Gasteiger charge is 2.08. The highest BCUT2D eigenvalue weighted by molar-refractivity contribution is 6.17. The lowest BCUT2D eigenvalue weighted by molar-refractivity contribution is 0.0447. The summed E-state index contributed by atoms with van der Waals surface area (Å²) in [6.07, 6.45) is -0.516. The van der Waals surface area contributed by atoms with Gasteiger partial charge in [0.2, 0.25) is 0 Å². The molecular weight excluding hydrogens is 282 g/mol. The fourth-order valence-electron chi connectivity index (χ4n) is 1.58. The maximum Gasteiger partial charge on any atom is 0.411 e. The predicted octanol–water partition coefficient (Wildman–Crippen LogP) is 2.95. The summed E-state index contributed by atoms with van der Waals surface area (Å²) in [5, 5.41) is 2.68. The van der Waals surface area contributed by atoms with Crippen LogP contribution in [-0.4, -0.2) is 39.6 Å². The number of carbonyl (C=O) groups is 1. The molecule has 1 rings (SSSR count). The van der Waals surface area contributed by atoms with Crippen molar-refractivity contribution < 1.29 is 19.0 Å². The molecule has 1 amide bonds. The predicted molar refractivity (Wildman–Crippen MR) is 78.4 cm³/mol. The molecule has 6 heteroatoms. The molecule has 0 aromatic heterocycles. The van der Waals surface area contributed by atoms with Gasteiger partial charge in [-0.3, -0.25) is 5.32 Å². The van der Waals surface area contributed by atoms with Crippen molar-refractivity contribution in [1.29, 1.82) is 0 Å². The molecule has 1 N–H and O–H groups in total. The van der Waals surface area contributed by atoms with Crippen LogP contribution in [0.25, 0.3) is 0 Å². The summed E-state index contributed by atoms with van der Waals surface area (Å²) in [6.45, 7) is 3.48. The van der Waals surface area contributed by atoms with Crippen molar-refractivity contribution in [2.45, 2.75) is 12.8 Å². The van der Waals surface area contributed by atoms with Crippen LogP contribution >= 0.6 is 11.6 Å². The van der Waals surface area contributed by atoms with Crippen LogP contribution in [0.1, 0.15) is 11.1 Å². The Labute approximate surface area is 124 Å². The van der Waals surface area contributed by atoms with Crippen LogP contribution < -0.4 is 5.32 Å². The Morgan fingerprint density at radius 3 is 2.70 bits per heavy atom. The van der Waals surface area contributed by atoms with Crippen molar-refractivity contribution in [3.8, 4) is 0 Å². The Bertz CT molecular complexity index is 426. The number of hydrogen-bond donors (Lipinski definition) is 1. The Hall–Kier alpha value is -1.30. The van der Waals surface area contributed by atoms with E-state index in [2.05, 4.69) is 5.32 Å². The molecule has 0 unspecified atom stereocenters. The van der Waals surface area contributed by atoms with E-state index in [9.17, 15) is 4.79 Å². The number of ether oxygens (including phenoxy) is 3. The van der Waals surface area contributed by atoms with Crippen LogP contribution in [0, 0.1) is 6.92 Å². The minimum Gasteiger partial charge on any atom is -0.447 e. The average Bonchev–Trinajstić information content (AvgIpc) is 2.43. The van der Waals surface area contributed by atoms with Gasteiger partial charge >= 0.3 is 6.09 Å². The summed E-state index contributed by atoms with van der Waals surface area (Å²) in [6, 6.07) is 5.59. The number of hydrogen-bond acceptors (Lipinski definition) is 4. The number of methoxy groups -OCH3 is 1. The summed E-state index contributed by atoms with van der Waals surface area (Å²) in [7, 11) is 1.60. The van der Waals surface area contributed by atoms with E-state index >= 15 is 0 Å². The van der Waals surface area contributed by atoms with Crippen molar-refractivity contribution >= 4 is 23.4 Å². The van der Waals surface area contributed by atoms with Crippen LogP contribution in [-0.2, 0) is 20.1 Å². The normalized spacial score (nSPS) is 10.3. The van der Waals surface area contributed by atoms with E-state index in [1.54, 1.807) is 13.2 Å². The highest BCUT2D eigenvalue weighted by Crippen LogP contribution is 2.21. The fraction of sp³-hybridized carbons (Fsp3) is 0.500. The second-order valence-electron chi connectivity index (χ2n) is 4.10. The molecule has 0 fully saturated rings. The zero-order valence-electron chi connectivity index (χ0n) is 11.8. The van der Waals surface area contributed by atoms with E-state index in [0.717, 1.165) is 11.1 Å². The minimum atomic E-state index is -0.516. The van der Waals surface area contributed by atoms with Gasteiger partial charge in [0.05, 0.1) is 19.8 Å². The summed E-state index contributed by atoms with van der Waals surface area (Å²) in [5.74, 6) is 0.336. The monoisotopic (exact) mass is 301 g/mol. The third kappa shape index (κ3) is 5.77. The van der Waals surface area contributed by atoms with Crippen molar-refractivity contribution in [1.82, 2.24) is 0 Å². The van der Waals surface area contributed by atoms with Crippen molar-refractivity contribution in [2.75, 3.05) is 38.9 Å². The second-order valence-corrected chi connectivity index (χ2v) is 4.37. The SMILES string of the molecule is COCCOCCOC(=O)Nc1cccc(C)c1CCl. The summed E-state index contributed by atoms with van der Waals surface area (Å²) in [4.78, 5) is 11.6. The third-order valence-electron chi connectivity index (χ3n) is 2.67. The first kappa shape index (κ1) is 16.8. The molecule has 0 spiro atoms. The number of rotatable bonds is 8. The highest BCUT2D eigenvalue weighted by atomic mass is 35.5. The van der Waals surface area contributed by atoms with Crippen LogP contribution in [0.3, 0.4) is 0 Å². The molecule has 0 aliphatic carbocycles. The minimum absolute atomic E-state index is 0.192. The molecule has 1 aromatic rings. The van der Waals surface area contributed by atoms with E-state index in [1.165, 1.54) is 0 Å². The zero-order valence-corrected chi connectivity index (χ0v) is 12.5. The van der Waals surface area contributed by atoms with Crippen molar-refractivity contribution in [3.63, 3.8) is 0 Å². The maximum atomic E-state index is 11.6. The van der Waals surface area contributed by atoms with E-state index in [1.807, 2.05) is 19.1 Å². The Morgan fingerprint density at radius 1 is 1.25 bits per heavy atom. The Kier molecular flexibility index (Phi) is 8.02. The summed E-state index contributed by atoms with van der Waals surface area (Å²) in [5.41, 5.74) is 2.59. The Balaban J connectivity index is 2.34. The molecule has 0 saturated carbocycles. The van der Waals surface area contributed by atoms with Crippen LogP contribution in [0.15, 0.2) is 18.2 Å². The first-order valence-electron chi connectivity index (χ1n) is 6.34. The number of anilines is 1. The van der Waals surface area contributed by atoms with Gasteiger partial charge in [0.25, 0.3) is 0 Å². The van der Waals surface area contributed by atoms with Crippen molar-refractivity contribution in [3.05, 3.63) is 29.3 Å². The largest absolute Gasteiger partial charge is 0.447 e. The molecule has 0 aliphatic rings. The maximum absolute atomic E-state index is 11.6. The van der Waals surface area contributed by atoms with Gasteiger partial charge in [0.1, 0.15) is 6.61 Å². The molecule has 0 bridgehead atoms. The molecule has 0 atom stereocenters. The van der Waals surface area contributed by atoms with Gasteiger partial charge in [-0.1, -0.05) is 12.1 Å². The molecular formula is C14H20ClNO4. The van der Waals surface area contributed by atoms with E-state index in [-0.39, 0.29) is 6.61 Å². The quantitative estimate of drug-likeness (QED) is 0.592. The van der Waals surface area contributed by atoms with Gasteiger partial charge in [-0.25, -0.2) is 4.79 Å². The Morgan fingerprint density at radius 2 is 2.00 bits per heavy atom. The van der Waals surface area contributed by atoms with E-state index < -0.39 is 6.09 Å². The van der Waals surface area contributed by atoms with Gasteiger partial charge < -0.3 is 14.2 Å². The number of nitrogens with one attached hydrogen (secondary N) is 1. The lowest BCUT2D eigenvalue weighted by atomic mass is 10.1. The number of aryl methyl sites for hydroxylation is 1. The molecule has 0 saturated heterocycles. The van der Waals surface area contributed by atoms with Crippen LogP contribution in [0.4, 0.5) is 10.5 Å². The lowest BCUT2D eigenvalue weighted by Gasteiger charge is -2.12. The fourth-order valence-corrected chi connectivity index (χ4v) is 1.94. The standard InChI is InChI=1S/C14H20ClNO4/c1-11-4-3-5-13(12(11)10-15)16-14(17)20-9-8-19-7-6-18-2/h3-5H,6-10H2,1-2H3,(H,16,17). The van der Waals surface area contributed by atoms with E-state index in [0.29, 0.717) is 31.4 Å². The third-order valence-corrected chi connectivity index (χ3v) is 2.94. The smallest absolute Gasteiger partial charge is 0.411 e. The topological polar surface area (TPSA) is 56.8 Å². The summed E-state index contributed by atoms with van der Waals surface area (Å²) >= 11 is 5.87. The molecule has 0 heterocycles. The molecule has 1 aromatic carbocycles. The number of amides is 1. The average molecular weight is 302 g/mol. The first-order valence-corrected chi connectivity index (χ1v) is 6.87. The van der Waals surface area contributed by atoms with Gasteiger partial charge in [-0.15, -0.1) is 11.6 Å². The zero-order chi connectivity index (χ0) is 14.8. The molecule has 20 heavy (non-hydrogen) atoms. The second kappa shape index (κ2) is 9.58. The molecule has 0 radical (unpaired) electrons. The lowest BCUT2D eigenvalue weighted by Crippen LogP contribution is -2.18. The van der Waals surface area contributed by atoms with Gasteiger partial charge in [-0.05, 0) is 24.1 Å². The molecule has 5 nitrogen and oxygen atoms in total. The van der Waals surface area contributed by atoms with Gasteiger partial charge in [-0.2, -0.15) is 0 Å². The van der Waals surface area contributed by atoms with Crippen LogP contribution in [0.5, 0.6) is 0 Å². The number of alkyl halides is 1. The number of carbonyl (C=O) groups excluding carboxylic acids is 1. The van der Waals surface area contributed by atoms with Gasteiger partial charge in [0, 0.05) is 18.7 Å².